The average Bonchev–Trinajstić information content (AvgIpc) is 2.63. The second kappa shape index (κ2) is 4.94. The number of hydrogen-bond donors (Lipinski definition) is 2. The minimum Gasteiger partial charge on any atom is -0.381 e. The summed E-state index contributed by atoms with van der Waals surface area (Å²) < 4.78 is 5.17. The lowest BCUT2D eigenvalue weighted by Gasteiger charge is -2.34. The molecule has 1 unspecified atom stereocenters. The Morgan fingerprint density at radius 1 is 1.53 bits per heavy atom. The Labute approximate surface area is 90.8 Å². The molecule has 1 saturated heterocycles. The van der Waals surface area contributed by atoms with Gasteiger partial charge in [-0.25, -0.2) is 0 Å². The lowest BCUT2D eigenvalue weighted by Crippen LogP contribution is -2.48. The average molecular weight is 212 g/mol. The Morgan fingerprint density at radius 2 is 2.33 bits per heavy atom. The number of carbonyl (C=O) groups is 1. The van der Waals surface area contributed by atoms with Crippen molar-refractivity contribution in [3.63, 3.8) is 0 Å². The first kappa shape index (κ1) is 10.9. The molecular formula is C11H20N2O2. The first-order valence-corrected chi connectivity index (χ1v) is 5.83. The van der Waals surface area contributed by atoms with Gasteiger partial charge in [0.15, 0.2) is 0 Å². The van der Waals surface area contributed by atoms with Crippen LogP contribution in [-0.4, -0.2) is 37.7 Å². The monoisotopic (exact) mass is 212 g/mol. The van der Waals surface area contributed by atoms with Crippen molar-refractivity contribution in [2.75, 3.05) is 13.7 Å². The molecule has 0 aromatic carbocycles. The minimum atomic E-state index is 0.189. The van der Waals surface area contributed by atoms with Crippen molar-refractivity contribution in [1.29, 1.82) is 0 Å². The van der Waals surface area contributed by atoms with E-state index in [1.165, 1.54) is 6.42 Å². The molecule has 2 N–H and O–H groups in total. The molecule has 15 heavy (non-hydrogen) atoms. The van der Waals surface area contributed by atoms with Crippen LogP contribution >= 0.6 is 0 Å². The molecule has 2 aliphatic rings. The van der Waals surface area contributed by atoms with Crippen molar-refractivity contribution < 1.29 is 9.53 Å². The predicted molar refractivity (Wildman–Crippen MR) is 57.6 cm³/mol. The molecule has 1 atom stereocenters. The zero-order valence-electron chi connectivity index (χ0n) is 9.29. The van der Waals surface area contributed by atoms with E-state index in [0.29, 0.717) is 24.6 Å². The van der Waals surface area contributed by atoms with E-state index in [2.05, 4.69) is 10.6 Å². The zero-order chi connectivity index (χ0) is 10.7. The highest BCUT2D eigenvalue weighted by atomic mass is 16.5. The van der Waals surface area contributed by atoms with Crippen LogP contribution in [0.1, 0.15) is 32.1 Å². The maximum Gasteiger partial charge on any atom is 0.221 e. The quantitative estimate of drug-likeness (QED) is 0.710. The Kier molecular flexibility index (Phi) is 3.59. The van der Waals surface area contributed by atoms with Crippen LogP contribution in [0.15, 0.2) is 0 Å². The van der Waals surface area contributed by atoms with Gasteiger partial charge in [-0.2, -0.15) is 0 Å². The van der Waals surface area contributed by atoms with Gasteiger partial charge in [0.25, 0.3) is 0 Å². The summed E-state index contributed by atoms with van der Waals surface area (Å²) in [5.41, 5.74) is 0. The molecule has 1 aliphatic heterocycles. The number of ether oxygens (including phenoxy) is 1. The van der Waals surface area contributed by atoms with E-state index in [9.17, 15) is 4.79 Å². The van der Waals surface area contributed by atoms with Gasteiger partial charge in [-0.3, -0.25) is 4.79 Å². The van der Waals surface area contributed by atoms with Crippen molar-refractivity contribution in [2.45, 2.75) is 50.3 Å². The molecule has 1 aliphatic carbocycles. The van der Waals surface area contributed by atoms with E-state index in [1.807, 2.05) is 0 Å². The van der Waals surface area contributed by atoms with Crippen LogP contribution in [0, 0.1) is 0 Å². The van der Waals surface area contributed by atoms with Crippen molar-refractivity contribution >= 4 is 5.91 Å². The Bertz CT molecular complexity index is 221. The van der Waals surface area contributed by atoms with E-state index in [0.717, 1.165) is 25.8 Å². The van der Waals surface area contributed by atoms with Crippen molar-refractivity contribution in [2.24, 2.45) is 0 Å². The lowest BCUT2D eigenvalue weighted by molar-refractivity contribution is -0.123. The van der Waals surface area contributed by atoms with Crippen LogP contribution in [0.5, 0.6) is 0 Å². The molecule has 86 valence electrons. The smallest absolute Gasteiger partial charge is 0.221 e. The van der Waals surface area contributed by atoms with Crippen molar-refractivity contribution in [3.8, 4) is 0 Å². The third-order valence-electron chi connectivity index (χ3n) is 3.39. The van der Waals surface area contributed by atoms with Crippen LogP contribution in [0.3, 0.4) is 0 Å². The number of nitrogens with one attached hydrogen (secondary N) is 2. The first-order valence-electron chi connectivity index (χ1n) is 5.83. The second-order valence-electron chi connectivity index (χ2n) is 4.59. The molecule has 2 rings (SSSR count). The SMILES string of the molecule is COC1CC(NC(=O)CC2CCCN2)C1. The summed E-state index contributed by atoms with van der Waals surface area (Å²) >= 11 is 0. The van der Waals surface area contributed by atoms with E-state index in [4.69, 9.17) is 4.74 Å². The molecular weight excluding hydrogens is 192 g/mol. The number of rotatable bonds is 4. The lowest BCUT2D eigenvalue weighted by atomic mass is 9.89. The van der Waals surface area contributed by atoms with Gasteiger partial charge < -0.3 is 15.4 Å². The van der Waals surface area contributed by atoms with Crippen LogP contribution in [-0.2, 0) is 9.53 Å². The highest BCUT2D eigenvalue weighted by molar-refractivity contribution is 5.77. The van der Waals surface area contributed by atoms with Gasteiger partial charge in [0.1, 0.15) is 0 Å². The molecule has 4 nitrogen and oxygen atoms in total. The standard InChI is InChI=1S/C11H20N2O2/c1-15-10-5-9(6-10)13-11(14)7-8-3-2-4-12-8/h8-10,12H,2-7H2,1H3,(H,13,14). The summed E-state index contributed by atoms with van der Waals surface area (Å²) in [6.07, 6.45) is 5.28. The molecule has 4 heteroatoms. The zero-order valence-corrected chi connectivity index (χ0v) is 9.29. The van der Waals surface area contributed by atoms with E-state index < -0.39 is 0 Å². The molecule has 2 fully saturated rings. The van der Waals surface area contributed by atoms with Gasteiger partial charge in [0.05, 0.1) is 6.10 Å². The second-order valence-corrected chi connectivity index (χ2v) is 4.59. The summed E-state index contributed by atoms with van der Waals surface area (Å²) in [6, 6.07) is 0.757. The number of amides is 1. The molecule has 0 aromatic rings. The molecule has 1 heterocycles. The minimum absolute atomic E-state index is 0.189. The van der Waals surface area contributed by atoms with Gasteiger partial charge in [0, 0.05) is 25.6 Å². The summed E-state index contributed by atoms with van der Waals surface area (Å²) in [4.78, 5) is 11.6. The normalized spacial score (nSPS) is 34.9. The maximum absolute atomic E-state index is 11.6. The molecule has 0 aromatic heterocycles. The topological polar surface area (TPSA) is 50.4 Å². The van der Waals surface area contributed by atoms with Gasteiger partial charge in [0.2, 0.25) is 5.91 Å². The van der Waals surface area contributed by atoms with E-state index >= 15 is 0 Å². The van der Waals surface area contributed by atoms with Gasteiger partial charge in [-0.15, -0.1) is 0 Å². The third kappa shape index (κ3) is 2.92. The summed E-state index contributed by atoms with van der Waals surface area (Å²) in [5, 5.41) is 6.38. The summed E-state index contributed by atoms with van der Waals surface area (Å²) in [5.74, 6) is 0.189. The molecule has 1 amide bonds. The largest absolute Gasteiger partial charge is 0.381 e. The fourth-order valence-electron chi connectivity index (χ4n) is 2.32. The van der Waals surface area contributed by atoms with Gasteiger partial charge >= 0.3 is 0 Å². The van der Waals surface area contributed by atoms with Gasteiger partial charge in [-0.05, 0) is 32.2 Å². The number of hydrogen-bond acceptors (Lipinski definition) is 3. The highest BCUT2D eigenvalue weighted by Crippen LogP contribution is 2.22. The van der Waals surface area contributed by atoms with Gasteiger partial charge in [-0.1, -0.05) is 0 Å². The van der Waals surface area contributed by atoms with Crippen LogP contribution in [0.4, 0.5) is 0 Å². The number of carbonyl (C=O) groups excluding carboxylic acids is 1. The van der Waals surface area contributed by atoms with E-state index in [-0.39, 0.29) is 5.91 Å². The number of methoxy groups -OCH3 is 1. The van der Waals surface area contributed by atoms with Crippen molar-refractivity contribution in [3.05, 3.63) is 0 Å². The Balaban J connectivity index is 1.61. The predicted octanol–water partition coefficient (Wildman–Crippen LogP) is 0.422. The van der Waals surface area contributed by atoms with Crippen LogP contribution in [0.25, 0.3) is 0 Å². The molecule has 0 bridgehead atoms. The van der Waals surface area contributed by atoms with Crippen LogP contribution < -0.4 is 10.6 Å². The van der Waals surface area contributed by atoms with Crippen LogP contribution in [0.2, 0.25) is 0 Å². The third-order valence-corrected chi connectivity index (χ3v) is 3.39. The van der Waals surface area contributed by atoms with E-state index in [1.54, 1.807) is 7.11 Å². The molecule has 0 spiro atoms. The molecule has 0 radical (unpaired) electrons. The summed E-state index contributed by atoms with van der Waals surface area (Å²) in [7, 11) is 1.73. The molecule has 1 saturated carbocycles. The van der Waals surface area contributed by atoms with Crippen molar-refractivity contribution in [1.82, 2.24) is 10.6 Å². The fourth-order valence-corrected chi connectivity index (χ4v) is 2.32. The Hall–Kier alpha value is -0.610. The maximum atomic E-state index is 11.6. The highest BCUT2D eigenvalue weighted by Gasteiger charge is 2.30. The fraction of sp³-hybridized carbons (Fsp3) is 0.909. The first-order chi connectivity index (χ1) is 7.28. The Morgan fingerprint density at radius 3 is 2.93 bits per heavy atom. The summed E-state index contributed by atoms with van der Waals surface area (Å²) in [6.45, 7) is 1.06.